The van der Waals surface area contributed by atoms with Crippen LogP contribution in [0.3, 0.4) is 0 Å². The molecule has 3 rings (SSSR count). The molecule has 0 aliphatic carbocycles. The molecule has 11 heteroatoms. The van der Waals surface area contributed by atoms with Gasteiger partial charge in [-0.15, -0.1) is 0 Å². The monoisotopic (exact) mass is 471 g/mol. The molecule has 174 valence electrons. The summed E-state index contributed by atoms with van der Waals surface area (Å²) < 4.78 is 72.3. The molecule has 1 fully saturated rings. The van der Waals surface area contributed by atoms with Crippen molar-refractivity contribution in [3.05, 3.63) is 54.1 Å². The van der Waals surface area contributed by atoms with Crippen LogP contribution in [-0.4, -0.2) is 40.1 Å². The van der Waals surface area contributed by atoms with Gasteiger partial charge >= 0.3 is 6.18 Å². The lowest BCUT2D eigenvalue weighted by atomic mass is 10.0. The van der Waals surface area contributed by atoms with Gasteiger partial charge in [-0.2, -0.15) is 13.2 Å². The smallest absolute Gasteiger partial charge is 0.416 e. The van der Waals surface area contributed by atoms with Crippen LogP contribution in [0, 0.1) is 5.92 Å². The molecule has 7 nitrogen and oxygen atoms in total. The van der Waals surface area contributed by atoms with Crippen LogP contribution < -0.4 is 20.1 Å². The molecule has 0 aromatic heterocycles. The quantitative estimate of drug-likeness (QED) is 0.550. The molecular weight excluding hydrogens is 447 g/mol. The number of hydrogen-bond donors (Lipinski definition) is 3. The molecule has 1 aliphatic heterocycles. The summed E-state index contributed by atoms with van der Waals surface area (Å²) in [4.78, 5) is 11.2. The second kappa shape index (κ2) is 9.88. The van der Waals surface area contributed by atoms with Crippen molar-refractivity contribution in [2.75, 3.05) is 25.0 Å². The fourth-order valence-corrected chi connectivity index (χ4v) is 4.51. The predicted octanol–water partition coefficient (Wildman–Crippen LogP) is 3.00. The molecule has 2 atom stereocenters. The van der Waals surface area contributed by atoms with E-state index in [2.05, 4.69) is 15.4 Å². The standard InChI is InChI=1S/C21H24F3N3O4S/c1-14(28)27-17-3-2-4-19(11-17)32(29,30)26-13-20(15-9-10-25-12-15)31-18-7-5-16(6-8-18)21(22,23)24/h2-8,11,15,20,25-26H,9-10,12-13H2,1H3,(H,27,28)/t15?,20-/m1/s1. The molecule has 1 unspecified atom stereocenters. The van der Waals surface area contributed by atoms with E-state index in [0.717, 1.165) is 25.1 Å². The Morgan fingerprint density at radius 2 is 1.94 bits per heavy atom. The van der Waals surface area contributed by atoms with Crippen molar-refractivity contribution in [3.63, 3.8) is 0 Å². The maximum Gasteiger partial charge on any atom is 0.416 e. The van der Waals surface area contributed by atoms with Gasteiger partial charge in [0.1, 0.15) is 11.9 Å². The third kappa shape index (κ3) is 6.44. The number of sulfonamides is 1. The fraction of sp³-hybridized carbons (Fsp3) is 0.381. The predicted molar refractivity (Wildman–Crippen MR) is 113 cm³/mol. The number of nitrogens with one attached hydrogen (secondary N) is 3. The lowest BCUT2D eigenvalue weighted by Gasteiger charge is -2.25. The Bertz CT molecular complexity index is 1040. The van der Waals surface area contributed by atoms with Gasteiger partial charge in [-0.3, -0.25) is 4.79 Å². The Morgan fingerprint density at radius 3 is 2.53 bits per heavy atom. The van der Waals surface area contributed by atoms with E-state index in [9.17, 15) is 26.4 Å². The number of amides is 1. The van der Waals surface area contributed by atoms with Gasteiger partial charge in [0, 0.05) is 31.6 Å². The second-order valence-corrected chi connectivity index (χ2v) is 9.26. The van der Waals surface area contributed by atoms with E-state index in [1.54, 1.807) is 6.07 Å². The van der Waals surface area contributed by atoms with Gasteiger partial charge in [-0.1, -0.05) is 6.07 Å². The minimum Gasteiger partial charge on any atom is -0.489 e. The van der Waals surface area contributed by atoms with Gasteiger partial charge in [-0.25, -0.2) is 13.1 Å². The number of halogens is 3. The fourth-order valence-electron chi connectivity index (χ4n) is 3.42. The molecule has 0 saturated carbocycles. The molecule has 32 heavy (non-hydrogen) atoms. The average molecular weight is 472 g/mol. The molecule has 2 aromatic rings. The van der Waals surface area contributed by atoms with E-state index in [0.29, 0.717) is 12.2 Å². The van der Waals surface area contributed by atoms with Crippen LogP contribution in [0.25, 0.3) is 0 Å². The molecular formula is C21H24F3N3O4S. The van der Waals surface area contributed by atoms with Gasteiger partial charge in [0.05, 0.1) is 10.5 Å². The average Bonchev–Trinajstić information content (AvgIpc) is 3.25. The molecule has 2 aromatic carbocycles. The zero-order valence-corrected chi connectivity index (χ0v) is 18.1. The summed E-state index contributed by atoms with van der Waals surface area (Å²) >= 11 is 0. The SMILES string of the molecule is CC(=O)Nc1cccc(S(=O)(=O)NC[C@@H](Oc2ccc(C(F)(F)F)cc2)C2CCNC2)c1. The van der Waals surface area contributed by atoms with Crippen molar-refractivity contribution in [2.45, 2.75) is 30.5 Å². The molecule has 0 bridgehead atoms. The van der Waals surface area contributed by atoms with Crippen LogP contribution in [0.2, 0.25) is 0 Å². The maximum absolute atomic E-state index is 12.8. The van der Waals surface area contributed by atoms with Crippen LogP contribution in [-0.2, 0) is 21.0 Å². The second-order valence-electron chi connectivity index (χ2n) is 7.49. The minimum atomic E-state index is -4.45. The van der Waals surface area contributed by atoms with Crippen molar-refractivity contribution >= 4 is 21.6 Å². The number of hydrogen-bond acceptors (Lipinski definition) is 5. The number of alkyl halides is 3. The van der Waals surface area contributed by atoms with E-state index < -0.39 is 27.9 Å². The third-order valence-corrected chi connectivity index (χ3v) is 6.45. The van der Waals surface area contributed by atoms with Crippen LogP contribution in [0.1, 0.15) is 18.9 Å². The molecule has 1 saturated heterocycles. The first-order chi connectivity index (χ1) is 15.0. The highest BCUT2D eigenvalue weighted by Crippen LogP contribution is 2.31. The summed E-state index contributed by atoms with van der Waals surface area (Å²) in [5, 5.41) is 5.71. The number of carbonyl (C=O) groups excluding carboxylic acids is 1. The normalized spacial score (nSPS) is 17.7. The number of rotatable bonds is 8. The Labute approximate surface area is 184 Å². The summed E-state index contributed by atoms with van der Waals surface area (Å²) in [5.74, 6) is -0.126. The van der Waals surface area contributed by atoms with Gasteiger partial charge in [-0.05, 0) is 55.4 Å². The molecule has 1 aliphatic rings. The van der Waals surface area contributed by atoms with E-state index in [1.807, 2.05) is 0 Å². The summed E-state index contributed by atoms with van der Waals surface area (Å²) in [6, 6.07) is 10.1. The summed E-state index contributed by atoms with van der Waals surface area (Å²) in [7, 11) is -3.91. The van der Waals surface area contributed by atoms with E-state index in [4.69, 9.17) is 4.74 Å². The first-order valence-electron chi connectivity index (χ1n) is 9.96. The Hall–Kier alpha value is -2.63. The van der Waals surface area contributed by atoms with Crippen LogP contribution in [0.5, 0.6) is 5.75 Å². The highest BCUT2D eigenvalue weighted by Gasteiger charge is 2.31. The topological polar surface area (TPSA) is 96.5 Å². The van der Waals surface area contributed by atoms with E-state index >= 15 is 0 Å². The van der Waals surface area contributed by atoms with Crippen molar-refractivity contribution in [1.82, 2.24) is 10.0 Å². The highest BCUT2D eigenvalue weighted by molar-refractivity contribution is 7.89. The van der Waals surface area contributed by atoms with E-state index in [1.165, 1.54) is 37.3 Å². The van der Waals surface area contributed by atoms with Crippen molar-refractivity contribution < 1.29 is 31.1 Å². The lowest BCUT2D eigenvalue weighted by molar-refractivity contribution is -0.137. The van der Waals surface area contributed by atoms with Gasteiger partial charge in [0.25, 0.3) is 0 Å². The molecule has 1 heterocycles. The summed E-state index contributed by atoms with van der Waals surface area (Å²) in [6.45, 7) is 2.59. The largest absolute Gasteiger partial charge is 0.489 e. The van der Waals surface area contributed by atoms with Crippen LogP contribution in [0.15, 0.2) is 53.4 Å². The molecule has 1 amide bonds. The lowest BCUT2D eigenvalue weighted by Crippen LogP contribution is -2.40. The van der Waals surface area contributed by atoms with Crippen LogP contribution in [0.4, 0.5) is 18.9 Å². The number of benzene rings is 2. The van der Waals surface area contributed by atoms with Gasteiger partial charge < -0.3 is 15.4 Å². The number of ether oxygens (including phenoxy) is 1. The van der Waals surface area contributed by atoms with Crippen molar-refractivity contribution in [1.29, 1.82) is 0 Å². The third-order valence-electron chi connectivity index (χ3n) is 5.03. The Balaban J connectivity index is 1.72. The zero-order chi connectivity index (χ0) is 23.4. The van der Waals surface area contributed by atoms with Gasteiger partial charge in [0.15, 0.2) is 0 Å². The van der Waals surface area contributed by atoms with E-state index in [-0.39, 0.29) is 29.0 Å². The Kier molecular flexibility index (Phi) is 7.42. The summed E-state index contributed by atoms with van der Waals surface area (Å²) in [5.41, 5.74) is -0.443. The van der Waals surface area contributed by atoms with Crippen molar-refractivity contribution in [2.24, 2.45) is 5.92 Å². The van der Waals surface area contributed by atoms with Crippen LogP contribution >= 0.6 is 0 Å². The maximum atomic E-state index is 12.8. The Morgan fingerprint density at radius 1 is 1.22 bits per heavy atom. The molecule has 0 radical (unpaired) electrons. The highest BCUT2D eigenvalue weighted by atomic mass is 32.2. The zero-order valence-electron chi connectivity index (χ0n) is 17.3. The first-order valence-corrected chi connectivity index (χ1v) is 11.4. The summed E-state index contributed by atoms with van der Waals surface area (Å²) in [6.07, 6.45) is -4.30. The number of carbonyl (C=O) groups is 1. The molecule has 3 N–H and O–H groups in total. The molecule has 0 spiro atoms. The first kappa shape index (κ1) is 24.0. The minimum absolute atomic E-state index is 0.0225. The van der Waals surface area contributed by atoms with Crippen molar-refractivity contribution in [3.8, 4) is 5.75 Å². The van der Waals surface area contributed by atoms with Gasteiger partial charge in [0.2, 0.25) is 15.9 Å². The number of anilines is 1.